The highest BCUT2D eigenvalue weighted by Crippen LogP contribution is 2.24. The lowest BCUT2D eigenvalue weighted by Crippen LogP contribution is -2.54. The van der Waals surface area contributed by atoms with Crippen molar-refractivity contribution in [1.82, 2.24) is 5.32 Å². The Morgan fingerprint density at radius 2 is 1.81 bits per heavy atom. The molecule has 3 rings (SSSR count). The van der Waals surface area contributed by atoms with Crippen molar-refractivity contribution >= 4 is 35.3 Å². The van der Waals surface area contributed by atoms with Crippen LogP contribution >= 0.6 is 0 Å². The molecule has 1 aliphatic heterocycles. The Hall–Kier alpha value is -4.01. The molecule has 2 aromatic carbocycles. The quantitative estimate of drug-likeness (QED) is 0.383. The number of nitrogens with one attached hydrogen (secondary N) is 1. The highest BCUT2D eigenvalue weighted by atomic mass is 16.6. The third-order valence-corrected chi connectivity index (χ3v) is 3.82. The zero-order valence-electron chi connectivity index (χ0n) is 14.0. The van der Waals surface area contributed by atoms with Gasteiger partial charge in [0.2, 0.25) is 0 Å². The normalized spacial score (nSPS) is 15.7. The van der Waals surface area contributed by atoms with Gasteiger partial charge < -0.3 is 4.74 Å². The minimum absolute atomic E-state index is 0.184. The molecule has 9 nitrogen and oxygen atoms in total. The third-order valence-electron chi connectivity index (χ3n) is 3.82. The van der Waals surface area contributed by atoms with E-state index in [9.17, 15) is 24.5 Å². The summed E-state index contributed by atoms with van der Waals surface area (Å²) in [5, 5.41) is 13.0. The highest BCUT2D eigenvalue weighted by molar-refractivity contribution is 6.39. The van der Waals surface area contributed by atoms with Gasteiger partial charge in [-0.3, -0.25) is 25.0 Å². The molecule has 0 bridgehead atoms. The predicted molar refractivity (Wildman–Crippen MR) is 95.1 cm³/mol. The number of nitro groups is 1. The summed E-state index contributed by atoms with van der Waals surface area (Å²) in [5.41, 5.74) is 0.0319. The number of amides is 4. The smallest absolute Gasteiger partial charge is 0.335 e. The molecule has 1 saturated heterocycles. The topological polar surface area (TPSA) is 119 Å². The van der Waals surface area contributed by atoms with E-state index in [0.29, 0.717) is 5.75 Å². The summed E-state index contributed by atoms with van der Waals surface area (Å²) in [7, 11) is 1.48. The molecule has 1 N–H and O–H groups in total. The largest absolute Gasteiger partial charge is 0.497 e. The number of hydrogen-bond donors (Lipinski definition) is 1. The minimum atomic E-state index is -0.883. The Morgan fingerprint density at radius 3 is 2.44 bits per heavy atom. The molecule has 0 unspecified atom stereocenters. The van der Waals surface area contributed by atoms with Crippen LogP contribution in [0.1, 0.15) is 5.56 Å². The van der Waals surface area contributed by atoms with Gasteiger partial charge in [-0.2, -0.15) is 0 Å². The third kappa shape index (κ3) is 3.52. The maximum Gasteiger partial charge on any atom is 0.335 e. The number of methoxy groups -OCH3 is 1. The highest BCUT2D eigenvalue weighted by Gasteiger charge is 2.36. The first kappa shape index (κ1) is 17.8. The summed E-state index contributed by atoms with van der Waals surface area (Å²) < 4.78 is 5.03. The van der Waals surface area contributed by atoms with Gasteiger partial charge >= 0.3 is 6.03 Å². The maximum atomic E-state index is 12.7. The Labute approximate surface area is 153 Å². The van der Waals surface area contributed by atoms with Gasteiger partial charge in [0, 0.05) is 12.1 Å². The number of nitro benzene ring substituents is 1. The van der Waals surface area contributed by atoms with Crippen molar-refractivity contribution < 1.29 is 24.0 Å². The molecule has 0 radical (unpaired) electrons. The molecule has 0 atom stereocenters. The average Bonchev–Trinajstić information content (AvgIpc) is 2.65. The summed E-state index contributed by atoms with van der Waals surface area (Å²) in [4.78, 5) is 48.1. The van der Waals surface area contributed by atoms with Crippen molar-refractivity contribution in [2.75, 3.05) is 12.0 Å². The van der Waals surface area contributed by atoms with Crippen molar-refractivity contribution in [3.63, 3.8) is 0 Å². The first-order chi connectivity index (χ1) is 12.9. The second-order valence-corrected chi connectivity index (χ2v) is 5.51. The van der Waals surface area contributed by atoms with Gasteiger partial charge in [0.1, 0.15) is 11.3 Å². The van der Waals surface area contributed by atoms with Crippen LogP contribution in [0.15, 0.2) is 54.1 Å². The molecular weight excluding hydrogens is 354 g/mol. The van der Waals surface area contributed by atoms with Crippen LogP contribution in [-0.4, -0.2) is 29.9 Å². The molecular formula is C18H13N3O6. The van der Waals surface area contributed by atoms with Gasteiger partial charge in [-0.05, 0) is 35.9 Å². The maximum absolute atomic E-state index is 12.7. The van der Waals surface area contributed by atoms with Gasteiger partial charge in [-0.25, -0.2) is 9.69 Å². The van der Waals surface area contributed by atoms with E-state index in [-0.39, 0.29) is 22.5 Å². The lowest BCUT2D eigenvalue weighted by atomic mass is 10.1. The number of urea groups is 1. The van der Waals surface area contributed by atoms with Crippen molar-refractivity contribution in [2.24, 2.45) is 0 Å². The van der Waals surface area contributed by atoms with E-state index in [4.69, 9.17) is 4.74 Å². The fraction of sp³-hybridized carbons (Fsp3) is 0.0556. The number of nitrogens with zero attached hydrogens (tertiary/aromatic N) is 2. The molecule has 136 valence electrons. The first-order valence-electron chi connectivity index (χ1n) is 7.70. The predicted octanol–water partition coefficient (Wildman–Crippen LogP) is 2.27. The number of rotatable bonds is 4. The van der Waals surface area contributed by atoms with E-state index in [2.05, 4.69) is 5.32 Å². The number of barbiturate groups is 1. The second-order valence-electron chi connectivity index (χ2n) is 5.51. The van der Waals surface area contributed by atoms with E-state index in [1.807, 2.05) is 0 Å². The van der Waals surface area contributed by atoms with Crippen LogP contribution < -0.4 is 15.0 Å². The number of carbonyl (C=O) groups is 3. The number of imide groups is 2. The van der Waals surface area contributed by atoms with E-state index < -0.39 is 22.8 Å². The van der Waals surface area contributed by atoms with Crippen molar-refractivity contribution in [1.29, 1.82) is 0 Å². The standard InChI is InChI=1S/C18H13N3O6/c1-27-14-7-5-12(6-8-14)20-17(23)15(16(22)19-18(20)24)10-11-3-2-4-13(9-11)21(25)26/h2-10H,1H3,(H,19,22,24)/b15-10+. The second kappa shape index (κ2) is 7.08. The number of benzene rings is 2. The summed E-state index contributed by atoms with van der Waals surface area (Å²) >= 11 is 0. The van der Waals surface area contributed by atoms with Gasteiger partial charge in [-0.1, -0.05) is 12.1 Å². The van der Waals surface area contributed by atoms with Crippen molar-refractivity contribution in [3.8, 4) is 5.75 Å². The van der Waals surface area contributed by atoms with E-state index >= 15 is 0 Å². The van der Waals surface area contributed by atoms with Gasteiger partial charge in [0.25, 0.3) is 17.5 Å². The van der Waals surface area contributed by atoms with Gasteiger partial charge in [-0.15, -0.1) is 0 Å². The molecule has 1 aliphatic rings. The number of hydrogen-bond acceptors (Lipinski definition) is 6. The lowest BCUT2D eigenvalue weighted by Gasteiger charge is -2.26. The van der Waals surface area contributed by atoms with Crippen LogP contribution in [0.3, 0.4) is 0 Å². The molecule has 0 saturated carbocycles. The number of ether oxygens (including phenoxy) is 1. The SMILES string of the molecule is COc1ccc(N2C(=O)NC(=O)/C(=C\c3cccc([N+](=O)[O-])c3)C2=O)cc1. The van der Waals surface area contributed by atoms with Crippen molar-refractivity contribution in [3.05, 3.63) is 69.8 Å². The fourth-order valence-corrected chi connectivity index (χ4v) is 2.52. The Balaban J connectivity index is 1.99. The molecule has 9 heteroatoms. The zero-order chi connectivity index (χ0) is 19.6. The molecule has 4 amide bonds. The minimum Gasteiger partial charge on any atom is -0.497 e. The van der Waals surface area contributed by atoms with Crippen LogP contribution in [0.25, 0.3) is 6.08 Å². The fourth-order valence-electron chi connectivity index (χ4n) is 2.52. The summed E-state index contributed by atoms with van der Waals surface area (Å²) in [6.07, 6.45) is 1.20. The average molecular weight is 367 g/mol. The zero-order valence-corrected chi connectivity index (χ0v) is 14.0. The first-order valence-corrected chi connectivity index (χ1v) is 7.70. The summed E-state index contributed by atoms with van der Waals surface area (Å²) in [6.45, 7) is 0. The van der Waals surface area contributed by atoms with Crippen molar-refractivity contribution in [2.45, 2.75) is 0 Å². The van der Waals surface area contributed by atoms with E-state index in [1.54, 1.807) is 12.1 Å². The Kier molecular flexibility index (Phi) is 4.67. The summed E-state index contributed by atoms with van der Waals surface area (Å²) in [5.74, 6) is -1.17. The molecule has 1 fully saturated rings. The molecule has 2 aromatic rings. The lowest BCUT2D eigenvalue weighted by molar-refractivity contribution is -0.384. The molecule has 27 heavy (non-hydrogen) atoms. The summed E-state index contributed by atoms with van der Waals surface area (Å²) in [6, 6.07) is 10.7. The van der Waals surface area contributed by atoms with Gasteiger partial charge in [0.15, 0.2) is 0 Å². The van der Waals surface area contributed by atoms with Crippen LogP contribution in [0.5, 0.6) is 5.75 Å². The monoisotopic (exact) mass is 367 g/mol. The van der Waals surface area contributed by atoms with Gasteiger partial charge in [0.05, 0.1) is 17.7 Å². The van der Waals surface area contributed by atoms with Crippen LogP contribution in [0.2, 0.25) is 0 Å². The number of anilines is 1. The molecule has 0 aromatic heterocycles. The van der Waals surface area contributed by atoms with E-state index in [1.165, 1.54) is 49.6 Å². The Bertz CT molecular complexity index is 981. The van der Waals surface area contributed by atoms with Crippen LogP contribution in [0.4, 0.5) is 16.2 Å². The van der Waals surface area contributed by atoms with Crippen LogP contribution in [-0.2, 0) is 9.59 Å². The molecule has 0 aliphatic carbocycles. The van der Waals surface area contributed by atoms with E-state index in [0.717, 1.165) is 4.90 Å². The number of non-ortho nitro benzene ring substituents is 1. The Morgan fingerprint density at radius 1 is 1.11 bits per heavy atom. The molecule has 0 spiro atoms. The molecule has 1 heterocycles. The number of carbonyl (C=O) groups excluding carboxylic acids is 3. The van der Waals surface area contributed by atoms with Crippen LogP contribution in [0, 0.1) is 10.1 Å².